The van der Waals surface area contributed by atoms with Crippen LogP contribution in [-0.4, -0.2) is 5.11 Å². The van der Waals surface area contributed by atoms with Gasteiger partial charge in [-0.05, 0) is 36.5 Å². The quantitative estimate of drug-likeness (QED) is 0.678. The zero-order valence-electron chi connectivity index (χ0n) is 9.91. The summed E-state index contributed by atoms with van der Waals surface area (Å²) in [4.78, 5) is 0.491. The van der Waals surface area contributed by atoms with E-state index in [1.807, 2.05) is 0 Å². The second-order valence-corrected chi connectivity index (χ2v) is 4.23. The molecular weight excluding hydrogens is 292 g/mol. The van der Waals surface area contributed by atoms with Gasteiger partial charge < -0.3 is 5.73 Å². The second kappa shape index (κ2) is 5.46. The van der Waals surface area contributed by atoms with Crippen molar-refractivity contribution in [3.63, 3.8) is 0 Å². The molecular formula is C13H8F4N2S. The van der Waals surface area contributed by atoms with Crippen LogP contribution in [0.2, 0.25) is 0 Å². The third-order valence-corrected chi connectivity index (χ3v) is 2.73. The highest BCUT2D eigenvalue weighted by atomic mass is 32.1. The average molecular weight is 300 g/mol. The highest BCUT2D eigenvalue weighted by Gasteiger charge is 2.25. The van der Waals surface area contributed by atoms with Gasteiger partial charge in [0.1, 0.15) is 34.6 Å². The first kappa shape index (κ1) is 14.3. The number of thiocarbonyl (C=S) groups is 1. The maximum atomic E-state index is 13.8. The molecule has 2 rings (SSSR count). The summed E-state index contributed by atoms with van der Waals surface area (Å²) < 4.78 is 55.1. The lowest BCUT2D eigenvalue weighted by Crippen LogP contribution is -2.34. The van der Waals surface area contributed by atoms with Crippen molar-refractivity contribution in [3.05, 3.63) is 59.7 Å². The number of para-hydroxylation sites is 2. The third-order valence-electron chi connectivity index (χ3n) is 2.54. The van der Waals surface area contributed by atoms with Crippen LogP contribution in [0.15, 0.2) is 36.4 Å². The van der Waals surface area contributed by atoms with E-state index in [4.69, 9.17) is 5.73 Å². The SMILES string of the molecule is NC(=S)N(c1c(F)cccc1F)c1c(F)cccc1F. The lowest BCUT2D eigenvalue weighted by Gasteiger charge is -2.24. The van der Waals surface area contributed by atoms with Gasteiger partial charge in [-0.15, -0.1) is 0 Å². The minimum absolute atomic E-state index is 0.491. The van der Waals surface area contributed by atoms with Crippen LogP contribution >= 0.6 is 12.2 Å². The van der Waals surface area contributed by atoms with Crippen molar-refractivity contribution >= 4 is 28.7 Å². The molecule has 0 saturated carbocycles. The number of rotatable bonds is 2. The van der Waals surface area contributed by atoms with E-state index in [1.165, 1.54) is 0 Å². The van der Waals surface area contributed by atoms with E-state index >= 15 is 0 Å². The van der Waals surface area contributed by atoms with Crippen molar-refractivity contribution in [2.24, 2.45) is 5.73 Å². The summed E-state index contributed by atoms with van der Waals surface area (Å²) in [5, 5.41) is -0.585. The zero-order valence-corrected chi connectivity index (χ0v) is 10.7. The Hall–Kier alpha value is -2.15. The van der Waals surface area contributed by atoms with E-state index in [0.29, 0.717) is 4.90 Å². The molecule has 0 radical (unpaired) electrons. The van der Waals surface area contributed by atoms with Crippen molar-refractivity contribution in [1.29, 1.82) is 0 Å². The van der Waals surface area contributed by atoms with Crippen LogP contribution in [0.1, 0.15) is 0 Å². The van der Waals surface area contributed by atoms with Crippen LogP contribution in [0.25, 0.3) is 0 Å². The van der Waals surface area contributed by atoms with Crippen molar-refractivity contribution in [2.45, 2.75) is 0 Å². The molecule has 0 heterocycles. The Morgan fingerprint density at radius 2 is 1.10 bits per heavy atom. The lowest BCUT2D eigenvalue weighted by atomic mass is 10.2. The highest BCUT2D eigenvalue weighted by Crippen LogP contribution is 2.33. The second-order valence-electron chi connectivity index (χ2n) is 3.81. The molecule has 0 aliphatic carbocycles. The number of hydrogen-bond acceptors (Lipinski definition) is 1. The van der Waals surface area contributed by atoms with Gasteiger partial charge in [-0.1, -0.05) is 12.1 Å². The summed E-state index contributed by atoms with van der Waals surface area (Å²) in [6.07, 6.45) is 0. The fourth-order valence-electron chi connectivity index (χ4n) is 1.74. The van der Waals surface area contributed by atoms with Gasteiger partial charge in [0.25, 0.3) is 0 Å². The van der Waals surface area contributed by atoms with E-state index in [9.17, 15) is 17.6 Å². The molecule has 0 aliphatic rings. The van der Waals surface area contributed by atoms with Crippen LogP contribution in [-0.2, 0) is 0 Å². The maximum absolute atomic E-state index is 13.8. The van der Waals surface area contributed by atoms with E-state index in [1.54, 1.807) is 0 Å². The Morgan fingerprint density at radius 3 is 1.35 bits per heavy atom. The standard InChI is InChI=1S/C13H8F4N2S/c14-7-3-1-4-8(15)11(7)19(13(18)20)12-9(16)5-2-6-10(12)17/h1-6H,(H2,18,20). The minimum Gasteiger partial charge on any atom is -0.376 e. The van der Waals surface area contributed by atoms with Gasteiger partial charge in [-0.3, -0.25) is 4.90 Å². The Bertz CT molecular complexity index is 583. The van der Waals surface area contributed by atoms with E-state index in [0.717, 1.165) is 36.4 Å². The Labute approximate surface area is 117 Å². The first-order chi connectivity index (χ1) is 9.43. The Balaban J connectivity index is 2.73. The molecule has 0 saturated heterocycles. The fourth-order valence-corrected chi connectivity index (χ4v) is 1.92. The predicted octanol–water partition coefficient (Wildman–Crippen LogP) is 3.62. The molecule has 2 aromatic rings. The fraction of sp³-hybridized carbons (Fsp3) is 0. The molecule has 0 spiro atoms. The summed E-state index contributed by atoms with van der Waals surface area (Å²) in [5.74, 6) is -4.16. The first-order valence-corrected chi connectivity index (χ1v) is 5.82. The molecule has 0 aromatic heterocycles. The summed E-state index contributed by atoms with van der Waals surface area (Å²) in [6, 6.07) is 5.96. The molecule has 2 N–H and O–H groups in total. The van der Waals surface area contributed by atoms with Gasteiger partial charge in [0.05, 0.1) is 0 Å². The average Bonchev–Trinajstić information content (AvgIpc) is 2.35. The molecule has 0 aliphatic heterocycles. The number of nitrogens with zero attached hydrogens (tertiary/aromatic N) is 1. The summed E-state index contributed by atoms with van der Waals surface area (Å²) >= 11 is 4.66. The van der Waals surface area contributed by atoms with E-state index < -0.39 is 39.8 Å². The Morgan fingerprint density at radius 1 is 0.800 bits per heavy atom. The number of halogens is 4. The number of benzene rings is 2. The number of anilines is 2. The summed E-state index contributed by atoms with van der Waals surface area (Å²) in [7, 11) is 0. The van der Waals surface area contributed by atoms with Crippen LogP contribution in [0, 0.1) is 23.3 Å². The molecule has 7 heteroatoms. The number of hydrogen-bond donors (Lipinski definition) is 1. The maximum Gasteiger partial charge on any atom is 0.175 e. The van der Waals surface area contributed by atoms with Crippen molar-refractivity contribution in [3.8, 4) is 0 Å². The third kappa shape index (κ3) is 2.44. The Kier molecular flexibility index (Phi) is 3.89. The molecule has 0 unspecified atom stereocenters. The van der Waals surface area contributed by atoms with Crippen molar-refractivity contribution in [2.75, 3.05) is 4.90 Å². The summed E-state index contributed by atoms with van der Waals surface area (Å²) in [5.41, 5.74) is 3.90. The van der Waals surface area contributed by atoms with E-state index in [-0.39, 0.29) is 0 Å². The lowest BCUT2D eigenvalue weighted by molar-refractivity contribution is 0.572. The van der Waals surface area contributed by atoms with E-state index in [2.05, 4.69) is 12.2 Å². The highest BCUT2D eigenvalue weighted by molar-refractivity contribution is 7.80. The largest absolute Gasteiger partial charge is 0.376 e. The first-order valence-electron chi connectivity index (χ1n) is 5.41. The number of nitrogens with two attached hydrogens (primary N) is 1. The molecule has 0 amide bonds. The molecule has 0 bridgehead atoms. The van der Waals surface area contributed by atoms with Crippen LogP contribution in [0.4, 0.5) is 28.9 Å². The minimum atomic E-state index is -1.04. The van der Waals surface area contributed by atoms with Gasteiger partial charge in [-0.25, -0.2) is 17.6 Å². The molecule has 104 valence electrons. The van der Waals surface area contributed by atoms with Gasteiger partial charge in [-0.2, -0.15) is 0 Å². The molecule has 2 aromatic carbocycles. The van der Waals surface area contributed by atoms with Crippen molar-refractivity contribution in [1.82, 2.24) is 0 Å². The van der Waals surface area contributed by atoms with Crippen LogP contribution in [0.5, 0.6) is 0 Å². The normalized spacial score (nSPS) is 10.4. The summed E-state index contributed by atoms with van der Waals surface area (Å²) in [6.45, 7) is 0. The predicted molar refractivity (Wildman–Crippen MR) is 71.6 cm³/mol. The molecule has 0 atom stereocenters. The van der Waals surface area contributed by atoms with Gasteiger partial charge in [0.2, 0.25) is 0 Å². The monoisotopic (exact) mass is 300 g/mol. The van der Waals surface area contributed by atoms with Gasteiger partial charge >= 0.3 is 0 Å². The molecule has 2 nitrogen and oxygen atoms in total. The smallest absolute Gasteiger partial charge is 0.175 e. The molecule has 20 heavy (non-hydrogen) atoms. The van der Waals surface area contributed by atoms with Gasteiger partial charge in [0, 0.05) is 0 Å². The topological polar surface area (TPSA) is 29.3 Å². The van der Waals surface area contributed by atoms with Crippen molar-refractivity contribution < 1.29 is 17.6 Å². The van der Waals surface area contributed by atoms with Crippen LogP contribution in [0.3, 0.4) is 0 Å². The van der Waals surface area contributed by atoms with Crippen LogP contribution < -0.4 is 10.6 Å². The van der Waals surface area contributed by atoms with Gasteiger partial charge in [0.15, 0.2) is 5.11 Å². The zero-order chi connectivity index (χ0) is 14.9. The molecule has 0 fully saturated rings.